The maximum atomic E-state index is 11.1. The number of esters is 1. The van der Waals surface area contributed by atoms with Crippen molar-refractivity contribution in [1.29, 1.82) is 0 Å². The topological polar surface area (TPSA) is 38.3 Å². The smallest absolute Gasteiger partial charge is 0.320 e. The third-order valence-electron chi connectivity index (χ3n) is 2.09. The molecule has 0 spiro atoms. The Morgan fingerprint density at radius 3 is 2.76 bits per heavy atom. The van der Waals surface area contributed by atoms with E-state index < -0.39 is 0 Å². The first-order chi connectivity index (χ1) is 8.04. The summed E-state index contributed by atoms with van der Waals surface area (Å²) in [4.78, 5) is 10.8. The minimum atomic E-state index is -0.352. The monoisotopic (exact) mass is 339 g/mol. The molecule has 1 aromatic rings. The zero-order valence-electron chi connectivity index (χ0n) is 9.17. The van der Waals surface area contributed by atoms with E-state index in [1.165, 1.54) is 7.11 Å². The van der Waals surface area contributed by atoms with Crippen LogP contribution in [-0.2, 0) is 16.1 Å². The van der Waals surface area contributed by atoms with Crippen molar-refractivity contribution in [2.45, 2.75) is 11.4 Å². The van der Waals surface area contributed by atoms with Gasteiger partial charge in [-0.15, -0.1) is 0 Å². The Labute approximate surface area is 119 Å². The molecule has 94 valence electrons. The van der Waals surface area contributed by atoms with Gasteiger partial charge in [0.05, 0.1) is 17.2 Å². The SMILES string of the molecule is COC(=O)C(Br)CNCc1ccc(Cl)c(Cl)c1. The Hall–Kier alpha value is -0.290. The molecule has 0 saturated carbocycles. The Morgan fingerprint density at radius 2 is 2.18 bits per heavy atom. The van der Waals surface area contributed by atoms with E-state index >= 15 is 0 Å². The van der Waals surface area contributed by atoms with Crippen LogP contribution in [-0.4, -0.2) is 24.5 Å². The summed E-state index contributed by atoms with van der Waals surface area (Å²) in [6.45, 7) is 1.09. The predicted molar refractivity (Wildman–Crippen MR) is 72.9 cm³/mol. The Kier molecular flexibility index (Phi) is 6.27. The molecule has 6 heteroatoms. The fraction of sp³-hybridized carbons (Fsp3) is 0.364. The molecule has 0 aromatic heterocycles. The second-order valence-corrected chi connectivity index (χ2v) is 5.29. The van der Waals surface area contributed by atoms with Crippen molar-refractivity contribution >= 4 is 45.1 Å². The average Bonchev–Trinajstić information content (AvgIpc) is 2.32. The highest BCUT2D eigenvalue weighted by Gasteiger charge is 2.13. The molecule has 0 bridgehead atoms. The van der Waals surface area contributed by atoms with Crippen molar-refractivity contribution in [3.63, 3.8) is 0 Å². The number of halogens is 3. The number of hydrogen-bond donors (Lipinski definition) is 1. The maximum Gasteiger partial charge on any atom is 0.320 e. The first-order valence-electron chi connectivity index (χ1n) is 4.91. The number of hydrogen-bond acceptors (Lipinski definition) is 3. The van der Waals surface area contributed by atoms with Crippen LogP contribution in [0.1, 0.15) is 5.56 Å². The summed E-state index contributed by atoms with van der Waals surface area (Å²) < 4.78 is 4.59. The summed E-state index contributed by atoms with van der Waals surface area (Å²) in [5.41, 5.74) is 1.00. The number of ether oxygens (including phenoxy) is 1. The molecule has 0 heterocycles. The van der Waals surface area contributed by atoms with Crippen molar-refractivity contribution in [2.24, 2.45) is 0 Å². The van der Waals surface area contributed by atoms with Crippen LogP contribution in [0.5, 0.6) is 0 Å². The van der Waals surface area contributed by atoms with Gasteiger partial charge in [-0.1, -0.05) is 45.2 Å². The summed E-state index contributed by atoms with van der Waals surface area (Å²) in [6, 6.07) is 5.41. The predicted octanol–water partition coefficient (Wildman–Crippen LogP) is 3.02. The van der Waals surface area contributed by atoms with Crippen LogP contribution < -0.4 is 5.32 Å². The Bertz CT molecular complexity index is 401. The molecule has 1 aromatic carbocycles. The van der Waals surface area contributed by atoms with E-state index in [9.17, 15) is 4.79 Å². The zero-order valence-corrected chi connectivity index (χ0v) is 12.3. The molecule has 17 heavy (non-hydrogen) atoms. The number of alkyl halides is 1. The maximum absolute atomic E-state index is 11.1. The largest absolute Gasteiger partial charge is 0.468 e. The molecule has 1 atom stereocenters. The number of carbonyl (C=O) groups is 1. The van der Waals surface area contributed by atoms with Gasteiger partial charge in [0.15, 0.2) is 0 Å². The van der Waals surface area contributed by atoms with Crippen LogP contribution in [0.3, 0.4) is 0 Å². The lowest BCUT2D eigenvalue weighted by Gasteiger charge is -2.09. The van der Waals surface area contributed by atoms with E-state index in [-0.39, 0.29) is 10.8 Å². The van der Waals surface area contributed by atoms with Crippen molar-refractivity contribution in [3.05, 3.63) is 33.8 Å². The minimum Gasteiger partial charge on any atom is -0.468 e. The first-order valence-corrected chi connectivity index (χ1v) is 6.58. The lowest BCUT2D eigenvalue weighted by Crippen LogP contribution is -2.29. The molecule has 1 N–H and O–H groups in total. The van der Waals surface area contributed by atoms with Crippen molar-refractivity contribution in [3.8, 4) is 0 Å². The van der Waals surface area contributed by atoms with E-state index in [1.54, 1.807) is 12.1 Å². The standard InChI is InChI=1S/C11H12BrCl2NO2/c1-17-11(16)8(12)6-15-5-7-2-3-9(13)10(14)4-7/h2-4,8,15H,5-6H2,1H3. The quantitative estimate of drug-likeness (QED) is 0.661. The normalized spacial score (nSPS) is 12.2. The second kappa shape index (κ2) is 7.21. The molecule has 0 saturated heterocycles. The fourth-order valence-electron chi connectivity index (χ4n) is 1.20. The molecular formula is C11H12BrCl2NO2. The molecule has 0 amide bonds. The van der Waals surface area contributed by atoms with Gasteiger partial charge in [0.1, 0.15) is 4.83 Å². The lowest BCUT2D eigenvalue weighted by molar-refractivity contribution is -0.139. The molecule has 0 aliphatic rings. The van der Waals surface area contributed by atoms with Gasteiger partial charge in [-0.2, -0.15) is 0 Å². The molecule has 0 radical (unpaired) electrons. The lowest BCUT2D eigenvalue weighted by atomic mass is 10.2. The minimum absolute atomic E-state index is 0.299. The first kappa shape index (κ1) is 14.8. The number of nitrogens with one attached hydrogen (secondary N) is 1. The van der Waals surface area contributed by atoms with Gasteiger partial charge in [0, 0.05) is 13.1 Å². The fourth-order valence-corrected chi connectivity index (χ4v) is 1.94. The molecular weight excluding hydrogens is 329 g/mol. The third kappa shape index (κ3) is 4.84. The number of benzene rings is 1. The van der Waals surface area contributed by atoms with E-state index in [2.05, 4.69) is 26.0 Å². The van der Waals surface area contributed by atoms with Crippen LogP contribution in [0.2, 0.25) is 10.0 Å². The van der Waals surface area contributed by atoms with E-state index in [1.807, 2.05) is 6.07 Å². The summed E-state index contributed by atoms with van der Waals surface area (Å²) >= 11 is 14.9. The van der Waals surface area contributed by atoms with Crippen LogP contribution >= 0.6 is 39.1 Å². The highest BCUT2D eigenvalue weighted by atomic mass is 79.9. The van der Waals surface area contributed by atoms with E-state index in [0.29, 0.717) is 23.1 Å². The van der Waals surface area contributed by atoms with Crippen molar-refractivity contribution in [2.75, 3.05) is 13.7 Å². The van der Waals surface area contributed by atoms with Gasteiger partial charge < -0.3 is 10.1 Å². The van der Waals surface area contributed by atoms with Crippen LogP contribution in [0.4, 0.5) is 0 Å². The van der Waals surface area contributed by atoms with E-state index in [0.717, 1.165) is 5.56 Å². The molecule has 0 fully saturated rings. The summed E-state index contributed by atoms with van der Waals surface area (Å²) in [5, 5.41) is 4.17. The molecule has 1 rings (SSSR count). The molecule has 0 aliphatic heterocycles. The highest BCUT2D eigenvalue weighted by molar-refractivity contribution is 9.10. The molecule has 3 nitrogen and oxygen atoms in total. The number of rotatable bonds is 5. The van der Waals surface area contributed by atoms with Crippen LogP contribution in [0, 0.1) is 0 Å². The van der Waals surface area contributed by atoms with Crippen LogP contribution in [0.15, 0.2) is 18.2 Å². The van der Waals surface area contributed by atoms with Gasteiger partial charge in [-0.05, 0) is 17.7 Å². The number of methoxy groups -OCH3 is 1. The summed E-state index contributed by atoms with van der Waals surface area (Å²) in [6.07, 6.45) is 0. The summed E-state index contributed by atoms with van der Waals surface area (Å²) in [5.74, 6) is -0.299. The second-order valence-electron chi connectivity index (χ2n) is 3.37. The Morgan fingerprint density at radius 1 is 1.47 bits per heavy atom. The average molecular weight is 341 g/mol. The van der Waals surface area contributed by atoms with Crippen molar-refractivity contribution in [1.82, 2.24) is 5.32 Å². The zero-order chi connectivity index (χ0) is 12.8. The highest BCUT2D eigenvalue weighted by Crippen LogP contribution is 2.22. The van der Waals surface area contributed by atoms with Gasteiger partial charge in [-0.25, -0.2) is 0 Å². The van der Waals surface area contributed by atoms with Crippen LogP contribution in [0.25, 0.3) is 0 Å². The Balaban J connectivity index is 2.40. The number of carbonyl (C=O) groups excluding carboxylic acids is 1. The van der Waals surface area contributed by atoms with E-state index in [4.69, 9.17) is 23.2 Å². The molecule has 1 unspecified atom stereocenters. The van der Waals surface area contributed by atoms with Crippen molar-refractivity contribution < 1.29 is 9.53 Å². The third-order valence-corrected chi connectivity index (χ3v) is 3.53. The molecule has 0 aliphatic carbocycles. The van der Waals surface area contributed by atoms with Gasteiger partial charge in [0.2, 0.25) is 0 Å². The van der Waals surface area contributed by atoms with Gasteiger partial charge >= 0.3 is 5.97 Å². The van der Waals surface area contributed by atoms with Gasteiger partial charge in [0.25, 0.3) is 0 Å². The summed E-state index contributed by atoms with van der Waals surface area (Å²) in [7, 11) is 1.36. The van der Waals surface area contributed by atoms with Gasteiger partial charge in [-0.3, -0.25) is 4.79 Å².